The van der Waals surface area contributed by atoms with Gasteiger partial charge in [-0.3, -0.25) is 4.79 Å². The summed E-state index contributed by atoms with van der Waals surface area (Å²) < 4.78 is 4.97. The zero-order valence-electron chi connectivity index (χ0n) is 14.2. The molecule has 128 valence electrons. The predicted octanol–water partition coefficient (Wildman–Crippen LogP) is 2.56. The predicted molar refractivity (Wildman–Crippen MR) is 97.1 cm³/mol. The number of carbonyl (C=O) groups excluding carboxylic acids is 1. The average Bonchev–Trinajstić information content (AvgIpc) is 2.64. The van der Waals surface area contributed by atoms with Gasteiger partial charge in [-0.15, -0.1) is 0 Å². The summed E-state index contributed by atoms with van der Waals surface area (Å²) in [6, 6.07) is 20.4. The third-order valence-electron chi connectivity index (χ3n) is 3.90. The molecule has 0 unspecified atom stereocenters. The van der Waals surface area contributed by atoms with E-state index in [4.69, 9.17) is 4.74 Å². The van der Waals surface area contributed by atoms with Crippen molar-refractivity contribution < 1.29 is 9.53 Å². The lowest BCUT2D eigenvalue weighted by molar-refractivity contribution is -0.121. The molecule has 0 fully saturated rings. The van der Waals surface area contributed by atoms with Crippen LogP contribution in [0.25, 0.3) is 0 Å². The van der Waals surface area contributed by atoms with E-state index in [-0.39, 0.29) is 11.8 Å². The van der Waals surface area contributed by atoms with Crippen molar-refractivity contribution in [3.05, 3.63) is 71.8 Å². The quantitative estimate of drug-likeness (QED) is 0.660. The average molecular weight is 326 g/mol. The van der Waals surface area contributed by atoms with Gasteiger partial charge in [-0.05, 0) is 11.1 Å². The minimum atomic E-state index is 0.0706. The van der Waals surface area contributed by atoms with Gasteiger partial charge in [0, 0.05) is 39.1 Å². The summed E-state index contributed by atoms with van der Waals surface area (Å²) in [5, 5.41) is 6.21. The van der Waals surface area contributed by atoms with E-state index in [1.807, 2.05) is 36.4 Å². The van der Waals surface area contributed by atoms with E-state index in [0.29, 0.717) is 19.6 Å². The van der Waals surface area contributed by atoms with Gasteiger partial charge in [0.1, 0.15) is 0 Å². The van der Waals surface area contributed by atoms with Gasteiger partial charge in [-0.1, -0.05) is 60.7 Å². The Labute approximate surface area is 144 Å². The molecule has 0 aliphatic carbocycles. The molecule has 4 heteroatoms. The fourth-order valence-electron chi connectivity index (χ4n) is 2.65. The second kappa shape index (κ2) is 10.6. The third-order valence-corrected chi connectivity index (χ3v) is 3.90. The lowest BCUT2D eigenvalue weighted by Gasteiger charge is -2.18. The standard InChI is InChI=1S/C20H26N2O2/c1-24-15-14-21-12-13-22-20(23)16-19(17-8-4-2-5-9-17)18-10-6-3-7-11-18/h2-11,19,21H,12-16H2,1H3,(H,22,23). The van der Waals surface area contributed by atoms with Gasteiger partial charge in [0.05, 0.1) is 6.61 Å². The first-order valence-electron chi connectivity index (χ1n) is 8.37. The van der Waals surface area contributed by atoms with Crippen LogP contribution in [0.5, 0.6) is 0 Å². The molecule has 4 nitrogen and oxygen atoms in total. The monoisotopic (exact) mass is 326 g/mol. The Hall–Kier alpha value is -2.17. The van der Waals surface area contributed by atoms with Crippen molar-refractivity contribution in [2.45, 2.75) is 12.3 Å². The van der Waals surface area contributed by atoms with E-state index >= 15 is 0 Å². The Bertz CT molecular complexity index is 548. The fraction of sp³-hybridized carbons (Fsp3) is 0.350. The molecule has 0 heterocycles. The number of nitrogens with one attached hydrogen (secondary N) is 2. The van der Waals surface area contributed by atoms with Gasteiger partial charge >= 0.3 is 0 Å². The van der Waals surface area contributed by atoms with Crippen LogP contribution in [-0.4, -0.2) is 39.3 Å². The number of methoxy groups -OCH3 is 1. The number of hydrogen-bond donors (Lipinski definition) is 2. The van der Waals surface area contributed by atoms with Crippen LogP contribution in [0.3, 0.4) is 0 Å². The van der Waals surface area contributed by atoms with Crippen LogP contribution < -0.4 is 10.6 Å². The SMILES string of the molecule is COCCNCCNC(=O)CC(c1ccccc1)c1ccccc1. The summed E-state index contributed by atoms with van der Waals surface area (Å²) >= 11 is 0. The zero-order valence-corrected chi connectivity index (χ0v) is 14.2. The van der Waals surface area contributed by atoms with Crippen molar-refractivity contribution in [3.8, 4) is 0 Å². The minimum absolute atomic E-state index is 0.0706. The molecule has 24 heavy (non-hydrogen) atoms. The van der Waals surface area contributed by atoms with Gasteiger partial charge < -0.3 is 15.4 Å². The van der Waals surface area contributed by atoms with Gasteiger partial charge in [0.2, 0.25) is 5.91 Å². The van der Waals surface area contributed by atoms with E-state index in [1.165, 1.54) is 0 Å². The first-order valence-corrected chi connectivity index (χ1v) is 8.37. The highest BCUT2D eigenvalue weighted by Crippen LogP contribution is 2.27. The number of hydrogen-bond acceptors (Lipinski definition) is 3. The molecule has 2 N–H and O–H groups in total. The molecule has 0 spiro atoms. The van der Waals surface area contributed by atoms with E-state index in [9.17, 15) is 4.79 Å². The highest BCUT2D eigenvalue weighted by Gasteiger charge is 2.17. The molecule has 0 bridgehead atoms. The molecule has 0 saturated heterocycles. The molecule has 0 aliphatic heterocycles. The molecular formula is C20H26N2O2. The molecule has 0 radical (unpaired) electrons. The van der Waals surface area contributed by atoms with Gasteiger partial charge in [0.25, 0.3) is 0 Å². The van der Waals surface area contributed by atoms with Crippen molar-refractivity contribution in [3.63, 3.8) is 0 Å². The maximum atomic E-state index is 12.3. The summed E-state index contributed by atoms with van der Waals surface area (Å²) in [5.74, 6) is 0.148. The molecule has 2 aromatic carbocycles. The second-order valence-corrected chi connectivity index (χ2v) is 5.67. The zero-order chi connectivity index (χ0) is 17.0. The normalized spacial score (nSPS) is 10.8. The summed E-state index contributed by atoms with van der Waals surface area (Å²) in [6.07, 6.45) is 0.450. The molecule has 0 atom stereocenters. The van der Waals surface area contributed by atoms with Crippen LogP contribution in [0, 0.1) is 0 Å². The summed E-state index contributed by atoms with van der Waals surface area (Å²) in [5.41, 5.74) is 2.33. The Morgan fingerprint density at radius 3 is 2.04 bits per heavy atom. The van der Waals surface area contributed by atoms with Crippen molar-refractivity contribution in [2.24, 2.45) is 0 Å². The highest BCUT2D eigenvalue weighted by atomic mass is 16.5. The van der Waals surface area contributed by atoms with E-state index < -0.39 is 0 Å². The smallest absolute Gasteiger partial charge is 0.220 e. The van der Waals surface area contributed by atoms with Gasteiger partial charge in [-0.2, -0.15) is 0 Å². The van der Waals surface area contributed by atoms with Crippen LogP contribution in [0.2, 0.25) is 0 Å². The Morgan fingerprint density at radius 2 is 1.50 bits per heavy atom. The number of carbonyl (C=O) groups is 1. The van der Waals surface area contributed by atoms with Crippen LogP contribution in [0.1, 0.15) is 23.5 Å². The molecule has 0 aliphatic rings. The maximum absolute atomic E-state index is 12.3. The van der Waals surface area contributed by atoms with Crippen LogP contribution in [0.4, 0.5) is 0 Å². The van der Waals surface area contributed by atoms with Crippen LogP contribution in [-0.2, 0) is 9.53 Å². The van der Waals surface area contributed by atoms with Crippen LogP contribution >= 0.6 is 0 Å². The lowest BCUT2D eigenvalue weighted by atomic mass is 9.88. The fourth-order valence-corrected chi connectivity index (χ4v) is 2.65. The highest BCUT2D eigenvalue weighted by molar-refractivity contribution is 5.77. The van der Waals surface area contributed by atoms with Crippen LogP contribution in [0.15, 0.2) is 60.7 Å². The molecule has 2 rings (SSSR count). The molecule has 0 saturated carbocycles. The van der Waals surface area contributed by atoms with Crippen molar-refractivity contribution in [1.29, 1.82) is 0 Å². The largest absolute Gasteiger partial charge is 0.383 e. The number of ether oxygens (including phenoxy) is 1. The lowest BCUT2D eigenvalue weighted by Crippen LogP contribution is -2.33. The van der Waals surface area contributed by atoms with E-state index in [1.54, 1.807) is 7.11 Å². The van der Waals surface area contributed by atoms with E-state index in [0.717, 1.165) is 24.2 Å². The molecule has 0 aromatic heterocycles. The first kappa shape index (κ1) is 18.2. The second-order valence-electron chi connectivity index (χ2n) is 5.67. The Balaban J connectivity index is 1.90. The third kappa shape index (κ3) is 6.14. The molecular weight excluding hydrogens is 300 g/mol. The molecule has 2 aromatic rings. The first-order chi connectivity index (χ1) is 11.8. The summed E-state index contributed by atoms with van der Waals surface area (Å²) in [6.45, 7) is 2.84. The number of rotatable bonds is 10. The maximum Gasteiger partial charge on any atom is 0.220 e. The van der Waals surface area contributed by atoms with Crippen molar-refractivity contribution >= 4 is 5.91 Å². The number of benzene rings is 2. The van der Waals surface area contributed by atoms with Crippen molar-refractivity contribution in [1.82, 2.24) is 10.6 Å². The topological polar surface area (TPSA) is 50.4 Å². The number of amides is 1. The van der Waals surface area contributed by atoms with Crippen molar-refractivity contribution in [2.75, 3.05) is 33.4 Å². The van der Waals surface area contributed by atoms with Gasteiger partial charge in [0.15, 0.2) is 0 Å². The molecule has 1 amide bonds. The van der Waals surface area contributed by atoms with Gasteiger partial charge in [-0.25, -0.2) is 0 Å². The Kier molecular flexibility index (Phi) is 8.01. The minimum Gasteiger partial charge on any atom is -0.383 e. The summed E-state index contributed by atoms with van der Waals surface area (Å²) in [4.78, 5) is 12.3. The van der Waals surface area contributed by atoms with E-state index in [2.05, 4.69) is 34.9 Å². The summed E-state index contributed by atoms with van der Waals surface area (Å²) in [7, 11) is 1.68. The Morgan fingerprint density at radius 1 is 0.917 bits per heavy atom.